The van der Waals surface area contributed by atoms with Gasteiger partial charge in [-0.05, 0) is 42.6 Å². The van der Waals surface area contributed by atoms with Crippen LogP contribution in [-0.2, 0) is 14.3 Å². The van der Waals surface area contributed by atoms with Gasteiger partial charge in [-0.15, -0.1) is 0 Å². The molecule has 30 heavy (non-hydrogen) atoms. The number of esters is 1. The number of carbonyl (C=O) groups is 3. The second-order valence-electron chi connectivity index (χ2n) is 6.56. The van der Waals surface area contributed by atoms with Gasteiger partial charge in [0, 0.05) is 16.6 Å². The fraction of sp³-hybridized carbons (Fsp3) is 0.174. The minimum Gasteiger partial charge on any atom is -0.497 e. The van der Waals surface area contributed by atoms with Crippen molar-refractivity contribution in [2.45, 2.75) is 13.0 Å². The summed E-state index contributed by atoms with van der Waals surface area (Å²) in [4.78, 5) is 36.5. The second kappa shape index (κ2) is 9.56. The number of methoxy groups -OCH3 is 1. The van der Waals surface area contributed by atoms with Gasteiger partial charge in [0.1, 0.15) is 12.3 Å². The summed E-state index contributed by atoms with van der Waals surface area (Å²) in [5.41, 5.74) is 1.01. The average molecular weight is 406 g/mol. The molecule has 2 N–H and O–H groups in total. The minimum absolute atomic E-state index is 0.350. The van der Waals surface area contributed by atoms with Crippen LogP contribution in [0.4, 0.5) is 5.69 Å². The third-order valence-corrected chi connectivity index (χ3v) is 4.47. The highest BCUT2D eigenvalue weighted by atomic mass is 16.5. The number of carbonyl (C=O) groups excluding carboxylic acids is 3. The van der Waals surface area contributed by atoms with Crippen LogP contribution in [0, 0.1) is 0 Å². The molecule has 1 atom stereocenters. The molecule has 0 aliphatic carbocycles. The molecule has 0 aliphatic rings. The van der Waals surface area contributed by atoms with E-state index in [4.69, 9.17) is 9.47 Å². The van der Waals surface area contributed by atoms with Crippen LogP contribution in [0.3, 0.4) is 0 Å². The fourth-order valence-electron chi connectivity index (χ4n) is 2.86. The lowest BCUT2D eigenvalue weighted by molar-refractivity contribution is -0.152. The van der Waals surface area contributed by atoms with Crippen molar-refractivity contribution >= 4 is 34.2 Å². The van der Waals surface area contributed by atoms with Crippen LogP contribution in [-0.4, -0.2) is 37.5 Å². The van der Waals surface area contributed by atoms with E-state index in [0.717, 1.165) is 10.8 Å². The molecule has 2 amide bonds. The van der Waals surface area contributed by atoms with E-state index in [1.807, 2.05) is 36.4 Å². The molecule has 0 radical (unpaired) electrons. The third-order valence-electron chi connectivity index (χ3n) is 4.47. The predicted octanol–water partition coefficient (Wildman–Crippen LogP) is 3.15. The van der Waals surface area contributed by atoms with E-state index < -0.39 is 23.9 Å². The minimum atomic E-state index is -1.02. The fourth-order valence-corrected chi connectivity index (χ4v) is 2.86. The Balaban J connectivity index is 1.52. The first kappa shape index (κ1) is 20.9. The molecular weight excluding hydrogens is 384 g/mol. The molecule has 0 aliphatic heterocycles. The quantitative estimate of drug-likeness (QED) is 0.588. The van der Waals surface area contributed by atoms with E-state index in [1.54, 1.807) is 30.3 Å². The standard InChI is InChI=1S/C23H22N2O5/c1-15(22(27)25-20-9-5-7-16-6-3-4-8-19(16)20)30-21(26)14-24-23(28)17-10-12-18(29-2)13-11-17/h3-13,15H,14H2,1-2H3,(H,24,28)(H,25,27)/t15-/m0/s1. The van der Waals surface area contributed by atoms with Crippen LogP contribution in [0.5, 0.6) is 5.75 Å². The first-order valence-corrected chi connectivity index (χ1v) is 9.38. The Morgan fingerprint density at radius 3 is 2.37 bits per heavy atom. The van der Waals surface area contributed by atoms with Gasteiger partial charge in [0.05, 0.1) is 7.11 Å². The zero-order chi connectivity index (χ0) is 21.5. The van der Waals surface area contributed by atoms with Gasteiger partial charge < -0.3 is 20.1 Å². The molecule has 0 saturated carbocycles. The maximum atomic E-state index is 12.4. The maximum absolute atomic E-state index is 12.4. The van der Waals surface area contributed by atoms with E-state index in [9.17, 15) is 14.4 Å². The monoisotopic (exact) mass is 406 g/mol. The Kier molecular flexibility index (Phi) is 6.64. The van der Waals surface area contributed by atoms with Gasteiger partial charge in [-0.25, -0.2) is 0 Å². The average Bonchev–Trinajstić information content (AvgIpc) is 2.77. The van der Waals surface area contributed by atoms with Crippen molar-refractivity contribution in [3.8, 4) is 5.75 Å². The molecule has 0 saturated heterocycles. The van der Waals surface area contributed by atoms with Gasteiger partial charge >= 0.3 is 5.97 Å². The number of hydrogen-bond donors (Lipinski definition) is 2. The van der Waals surface area contributed by atoms with Crippen LogP contribution in [0.25, 0.3) is 10.8 Å². The van der Waals surface area contributed by atoms with Crippen LogP contribution in [0.1, 0.15) is 17.3 Å². The molecule has 7 nitrogen and oxygen atoms in total. The zero-order valence-corrected chi connectivity index (χ0v) is 16.7. The van der Waals surface area contributed by atoms with Crippen LogP contribution in [0.2, 0.25) is 0 Å². The number of ether oxygens (including phenoxy) is 2. The highest BCUT2D eigenvalue weighted by Gasteiger charge is 2.19. The van der Waals surface area contributed by atoms with Crippen LogP contribution in [0.15, 0.2) is 66.7 Å². The molecule has 7 heteroatoms. The van der Waals surface area contributed by atoms with Crippen LogP contribution < -0.4 is 15.4 Å². The molecule has 0 bridgehead atoms. The van der Waals surface area contributed by atoms with Crippen molar-refractivity contribution in [1.82, 2.24) is 5.32 Å². The lowest BCUT2D eigenvalue weighted by Crippen LogP contribution is -2.35. The van der Waals surface area contributed by atoms with E-state index in [2.05, 4.69) is 10.6 Å². The van der Waals surface area contributed by atoms with Gasteiger partial charge in [0.2, 0.25) is 0 Å². The van der Waals surface area contributed by atoms with Crippen LogP contribution >= 0.6 is 0 Å². The molecule has 154 valence electrons. The van der Waals surface area contributed by atoms with Gasteiger partial charge in [0.25, 0.3) is 11.8 Å². The molecule has 3 rings (SSSR count). The number of rotatable bonds is 7. The van der Waals surface area contributed by atoms with E-state index in [-0.39, 0.29) is 6.54 Å². The number of nitrogens with one attached hydrogen (secondary N) is 2. The van der Waals surface area contributed by atoms with E-state index in [0.29, 0.717) is 17.0 Å². The number of amides is 2. The van der Waals surface area contributed by atoms with Crippen molar-refractivity contribution in [2.24, 2.45) is 0 Å². The van der Waals surface area contributed by atoms with Gasteiger partial charge in [-0.1, -0.05) is 36.4 Å². The molecule has 0 fully saturated rings. The van der Waals surface area contributed by atoms with Crippen molar-refractivity contribution < 1.29 is 23.9 Å². The van der Waals surface area contributed by atoms with Crippen molar-refractivity contribution in [2.75, 3.05) is 19.0 Å². The number of fused-ring (bicyclic) bond motifs is 1. The van der Waals surface area contributed by atoms with Gasteiger partial charge in [-0.2, -0.15) is 0 Å². The molecular formula is C23H22N2O5. The Morgan fingerprint density at radius 2 is 1.63 bits per heavy atom. The zero-order valence-electron chi connectivity index (χ0n) is 16.7. The Hall–Kier alpha value is -3.87. The Labute approximate surface area is 174 Å². The summed E-state index contributed by atoms with van der Waals surface area (Å²) in [5.74, 6) is -0.974. The first-order chi connectivity index (χ1) is 14.5. The van der Waals surface area contributed by atoms with Gasteiger partial charge in [0.15, 0.2) is 6.10 Å². The largest absolute Gasteiger partial charge is 0.497 e. The SMILES string of the molecule is COc1ccc(C(=O)NCC(=O)O[C@@H](C)C(=O)Nc2cccc3ccccc23)cc1. The molecule has 3 aromatic rings. The molecule has 3 aromatic carbocycles. The Morgan fingerprint density at radius 1 is 0.933 bits per heavy atom. The summed E-state index contributed by atoms with van der Waals surface area (Å²) in [7, 11) is 1.53. The third kappa shape index (κ3) is 5.14. The predicted molar refractivity (Wildman–Crippen MR) is 113 cm³/mol. The van der Waals surface area contributed by atoms with Crippen molar-refractivity contribution in [1.29, 1.82) is 0 Å². The molecule has 0 aromatic heterocycles. The van der Waals surface area contributed by atoms with Crippen molar-refractivity contribution in [3.05, 3.63) is 72.3 Å². The molecule has 0 unspecified atom stereocenters. The van der Waals surface area contributed by atoms with E-state index >= 15 is 0 Å². The second-order valence-corrected chi connectivity index (χ2v) is 6.56. The Bertz CT molecular complexity index is 1060. The topological polar surface area (TPSA) is 93.7 Å². The number of benzene rings is 3. The highest BCUT2D eigenvalue weighted by molar-refractivity contribution is 6.04. The number of hydrogen-bond acceptors (Lipinski definition) is 5. The smallest absolute Gasteiger partial charge is 0.326 e. The number of anilines is 1. The first-order valence-electron chi connectivity index (χ1n) is 9.38. The summed E-state index contributed by atoms with van der Waals surface area (Å²) in [5, 5.41) is 7.12. The summed E-state index contributed by atoms with van der Waals surface area (Å²) in [6, 6.07) is 19.7. The lowest BCUT2D eigenvalue weighted by Gasteiger charge is -2.15. The maximum Gasteiger partial charge on any atom is 0.326 e. The summed E-state index contributed by atoms with van der Waals surface area (Å²) in [6.45, 7) is 1.13. The van der Waals surface area contributed by atoms with Crippen molar-refractivity contribution in [3.63, 3.8) is 0 Å². The summed E-state index contributed by atoms with van der Waals surface area (Å²) in [6.07, 6.45) is -1.02. The summed E-state index contributed by atoms with van der Waals surface area (Å²) < 4.78 is 10.2. The normalized spacial score (nSPS) is 11.4. The highest BCUT2D eigenvalue weighted by Crippen LogP contribution is 2.23. The molecule has 0 heterocycles. The lowest BCUT2D eigenvalue weighted by atomic mass is 10.1. The molecule has 0 spiro atoms. The van der Waals surface area contributed by atoms with E-state index in [1.165, 1.54) is 14.0 Å². The van der Waals surface area contributed by atoms with Gasteiger partial charge in [-0.3, -0.25) is 14.4 Å². The summed E-state index contributed by atoms with van der Waals surface area (Å²) >= 11 is 0.